The second-order valence-corrected chi connectivity index (χ2v) is 16.6. The number of halogens is 3. The number of aromatic nitrogens is 3. The molecule has 0 saturated heterocycles. The zero-order valence-electron chi connectivity index (χ0n) is 26.4. The van der Waals surface area contributed by atoms with Crippen molar-refractivity contribution in [3.05, 3.63) is 45.4 Å². The topological polar surface area (TPSA) is 21.7 Å². The molecule has 2 heterocycles. The van der Waals surface area contributed by atoms with Crippen molar-refractivity contribution in [1.29, 1.82) is 0 Å². The zero-order valence-corrected chi connectivity index (χ0v) is 28.7. The van der Waals surface area contributed by atoms with Gasteiger partial charge in [-0.25, -0.2) is 0 Å². The van der Waals surface area contributed by atoms with E-state index in [2.05, 4.69) is 50.6 Å². The van der Waals surface area contributed by atoms with Crippen LogP contribution in [0.3, 0.4) is 0 Å². The Hall–Kier alpha value is -1.03. The van der Waals surface area contributed by atoms with E-state index in [1.54, 1.807) is 12.1 Å². The van der Waals surface area contributed by atoms with E-state index in [1.165, 1.54) is 64.2 Å². The van der Waals surface area contributed by atoms with Gasteiger partial charge in [0, 0.05) is 11.1 Å². The van der Waals surface area contributed by atoms with E-state index in [0.717, 1.165) is 65.8 Å². The fraction of sp³-hybridized carbons (Fsp3) is 0.722. The summed E-state index contributed by atoms with van der Waals surface area (Å²) < 4.78 is 4.44. The van der Waals surface area contributed by atoms with Gasteiger partial charge in [-0.3, -0.25) is 0 Å². The van der Waals surface area contributed by atoms with Crippen molar-refractivity contribution in [3.8, 4) is 5.69 Å². The Morgan fingerprint density at radius 1 is 0.976 bits per heavy atom. The van der Waals surface area contributed by atoms with Gasteiger partial charge in [0.15, 0.2) is 0 Å². The third-order valence-electron chi connectivity index (χ3n) is 12.9. The second kappa shape index (κ2) is 11.7. The van der Waals surface area contributed by atoms with Gasteiger partial charge in [0.1, 0.15) is 12.2 Å². The average Bonchev–Trinajstić information content (AvgIpc) is 3.40. The lowest BCUT2D eigenvalue weighted by Crippen LogP contribution is -2.52. The molecule has 6 rings (SSSR count). The summed E-state index contributed by atoms with van der Waals surface area (Å²) in [4.78, 5) is 5.12. The monoisotopic (exact) mass is 630 g/mol. The first-order chi connectivity index (χ1) is 20.0. The highest BCUT2D eigenvalue weighted by molar-refractivity contribution is 6.40. The fourth-order valence-corrected chi connectivity index (χ4v) is 11.8. The van der Waals surface area contributed by atoms with Crippen LogP contribution in [-0.2, 0) is 13.0 Å². The zero-order chi connectivity index (χ0) is 30.0. The maximum absolute atomic E-state index is 6.75. The van der Waals surface area contributed by atoms with Gasteiger partial charge in [-0.05, 0) is 114 Å². The van der Waals surface area contributed by atoms with E-state index in [1.807, 2.05) is 6.08 Å². The summed E-state index contributed by atoms with van der Waals surface area (Å²) in [5, 5.41) is 1.62. The molecule has 3 nitrogen and oxygen atoms in total. The van der Waals surface area contributed by atoms with E-state index in [-0.39, 0.29) is 0 Å². The van der Waals surface area contributed by atoms with Crippen LogP contribution in [0.15, 0.2) is 18.7 Å². The smallest absolute Gasteiger partial charge is 0.148 e. The van der Waals surface area contributed by atoms with Gasteiger partial charge in [0.25, 0.3) is 5.82 Å². The molecule has 0 spiro atoms. The molecule has 0 bridgehead atoms. The Bertz CT molecular complexity index is 1310. The van der Waals surface area contributed by atoms with Crippen LogP contribution in [0.4, 0.5) is 0 Å². The summed E-state index contributed by atoms with van der Waals surface area (Å²) in [6, 6.07) is 3.54. The molecule has 3 saturated carbocycles. The standard InChI is InChI=1S/C36H51Cl3N3/c1-7-32-40-33-19-24-11-12-26-28-14-13-27(23(4)10-8-9-22(2)3)36(28,6)16-15-29(26)35(24,5)17-18-41(33)42(32)34-30(38)20-25(37)21-31(34)39/h7,20-24,26-29H,1,8-19H2,2-6H3/q+1/t23-,24+,26+,27-,28+,29+,35+,36-/m1/s1. The minimum absolute atomic E-state index is 0.325. The summed E-state index contributed by atoms with van der Waals surface area (Å²) in [6.45, 7) is 17.7. The van der Waals surface area contributed by atoms with Crippen molar-refractivity contribution < 1.29 is 4.68 Å². The van der Waals surface area contributed by atoms with Crippen molar-refractivity contribution in [2.75, 3.05) is 0 Å². The Labute approximate surface area is 269 Å². The molecular weight excluding hydrogens is 581 g/mol. The molecule has 6 heteroatoms. The minimum atomic E-state index is 0.325. The lowest BCUT2D eigenvalue weighted by atomic mass is 9.46. The van der Waals surface area contributed by atoms with Gasteiger partial charge in [0.05, 0.1) is 16.5 Å². The highest BCUT2D eigenvalue weighted by atomic mass is 35.5. The van der Waals surface area contributed by atoms with Crippen molar-refractivity contribution >= 4 is 40.9 Å². The Balaban J connectivity index is 1.26. The molecular formula is C36H51Cl3N3+. The van der Waals surface area contributed by atoms with Crippen molar-refractivity contribution in [1.82, 2.24) is 9.67 Å². The highest BCUT2D eigenvalue weighted by Crippen LogP contribution is 2.67. The number of hydrogen-bond donors (Lipinski definition) is 0. The van der Waals surface area contributed by atoms with Gasteiger partial charge in [-0.2, -0.15) is 0 Å². The lowest BCUT2D eigenvalue weighted by Gasteiger charge is -2.59. The number of benzene rings is 1. The van der Waals surface area contributed by atoms with E-state index >= 15 is 0 Å². The third kappa shape index (κ3) is 5.10. The summed E-state index contributed by atoms with van der Waals surface area (Å²) in [5.41, 5.74) is 1.60. The molecule has 8 atom stereocenters. The van der Waals surface area contributed by atoms with Gasteiger partial charge in [0.2, 0.25) is 0 Å². The minimum Gasteiger partial charge on any atom is -0.148 e. The van der Waals surface area contributed by atoms with E-state index in [4.69, 9.17) is 39.8 Å². The second-order valence-electron chi connectivity index (χ2n) is 15.4. The first kappa shape index (κ1) is 31.0. The number of rotatable bonds is 7. The number of hydrogen-bond acceptors (Lipinski definition) is 1. The third-order valence-corrected chi connectivity index (χ3v) is 13.7. The molecule has 3 aliphatic carbocycles. The predicted molar refractivity (Wildman–Crippen MR) is 176 cm³/mol. The Kier molecular flexibility index (Phi) is 8.64. The number of nitrogens with zero attached hydrogens (tertiary/aromatic N) is 3. The summed E-state index contributed by atoms with van der Waals surface area (Å²) >= 11 is 19.8. The Morgan fingerprint density at radius 3 is 2.38 bits per heavy atom. The molecule has 230 valence electrons. The van der Waals surface area contributed by atoms with E-state index < -0.39 is 0 Å². The van der Waals surface area contributed by atoms with Crippen LogP contribution in [0.25, 0.3) is 11.8 Å². The molecule has 4 aliphatic rings. The first-order valence-corrected chi connectivity index (χ1v) is 17.9. The van der Waals surface area contributed by atoms with Gasteiger partial charge < -0.3 is 0 Å². The van der Waals surface area contributed by atoms with Gasteiger partial charge in [-0.1, -0.05) is 95.3 Å². The summed E-state index contributed by atoms with van der Waals surface area (Å²) in [5.74, 6) is 7.76. The van der Waals surface area contributed by atoms with Crippen molar-refractivity contribution in [2.24, 2.45) is 52.3 Å². The molecule has 1 aromatic heterocycles. The first-order valence-electron chi connectivity index (χ1n) is 16.8. The summed E-state index contributed by atoms with van der Waals surface area (Å²) in [7, 11) is 0. The molecule has 0 N–H and O–H groups in total. The number of fused-ring (bicyclic) bond motifs is 6. The predicted octanol–water partition coefficient (Wildman–Crippen LogP) is 10.6. The van der Waals surface area contributed by atoms with Crippen LogP contribution < -0.4 is 4.68 Å². The molecule has 1 aliphatic heterocycles. The van der Waals surface area contributed by atoms with E-state index in [9.17, 15) is 0 Å². The largest absolute Gasteiger partial charge is 0.320 e. The molecule has 3 fully saturated rings. The summed E-state index contributed by atoms with van der Waals surface area (Å²) in [6.07, 6.45) is 16.6. The maximum atomic E-state index is 6.75. The van der Waals surface area contributed by atoms with Gasteiger partial charge >= 0.3 is 5.82 Å². The van der Waals surface area contributed by atoms with Crippen LogP contribution in [0.5, 0.6) is 0 Å². The average molecular weight is 632 g/mol. The molecule has 2 aromatic rings. The van der Waals surface area contributed by atoms with Crippen LogP contribution in [0.2, 0.25) is 15.1 Å². The molecule has 0 radical (unpaired) electrons. The van der Waals surface area contributed by atoms with Crippen LogP contribution >= 0.6 is 34.8 Å². The van der Waals surface area contributed by atoms with Crippen LogP contribution in [-0.4, -0.2) is 9.67 Å². The SMILES string of the molecule is C=Cc1nc2[n+](n1-c1c(Cl)cc(Cl)cc1Cl)CC[C@@]1(C)[C@@H](CC[C@@H]3[C@@H]1CC[C@]1(C)[C@@H]([C@H](C)CCCC(C)C)CC[C@@H]31)C2. The van der Waals surface area contributed by atoms with Crippen molar-refractivity contribution in [2.45, 2.75) is 112 Å². The van der Waals surface area contributed by atoms with Crippen LogP contribution in [0.1, 0.15) is 110 Å². The van der Waals surface area contributed by atoms with Crippen LogP contribution in [0, 0.1) is 52.3 Å². The normalized spacial score (nSPS) is 34.7. The molecule has 0 unspecified atom stereocenters. The molecule has 42 heavy (non-hydrogen) atoms. The fourth-order valence-electron chi connectivity index (χ4n) is 10.8. The van der Waals surface area contributed by atoms with E-state index in [0.29, 0.717) is 31.8 Å². The Morgan fingerprint density at radius 2 is 1.69 bits per heavy atom. The van der Waals surface area contributed by atoms with Gasteiger partial charge in [-0.15, -0.1) is 9.36 Å². The molecule has 1 aromatic carbocycles. The lowest BCUT2D eigenvalue weighted by molar-refractivity contribution is -0.773. The molecule has 0 amide bonds. The maximum Gasteiger partial charge on any atom is 0.320 e. The quantitative estimate of drug-likeness (QED) is 0.279. The van der Waals surface area contributed by atoms with Crippen molar-refractivity contribution in [3.63, 3.8) is 0 Å². The highest BCUT2D eigenvalue weighted by Gasteiger charge is 2.60.